The van der Waals surface area contributed by atoms with Gasteiger partial charge in [-0.15, -0.1) is 0 Å². The molecule has 2 heterocycles. The van der Waals surface area contributed by atoms with Crippen molar-refractivity contribution in [2.75, 3.05) is 61.9 Å². The number of hydrogen-bond acceptors (Lipinski definition) is 9. The van der Waals surface area contributed by atoms with Crippen LogP contribution in [0.2, 0.25) is 0 Å². The topological polar surface area (TPSA) is 124 Å². The second kappa shape index (κ2) is 12.4. The highest BCUT2D eigenvalue weighted by molar-refractivity contribution is 6.15. The summed E-state index contributed by atoms with van der Waals surface area (Å²) in [5.41, 5.74) is 1.16. The highest BCUT2D eigenvalue weighted by atomic mass is 16.3. The molecule has 0 spiro atoms. The summed E-state index contributed by atoms with van der Waals surface area (Å²) >= 11 is 0. The maximum Gasteiger partial charge on any atom is 0.263 e. The molecule has 2 aromatic carbocycles. The molecule has 44 heavy (non-hydrogen) atoms. The number of hydrogen-bond donors (Lipinski definition) is 2. The van der Waals surface area contributed by atoms with Gasteiger partial charge in [0, 0.05) is 66.6 Å². The Bertz CT molecular complexity index is 2030. The average Bonchev–Trinajstić information content (AvgIpc) is 2.95. The Morgan fingerprint density at radius 2 is 1.39 bits per heavy atom. The van der Waals surface area contributed by atoms with Crippen LogP contribution in [0.25, 0.3) is 32.7 Å². The molecule has 0 bridgehead atoms. The number of phenols is 1. The fourth-order valence-corrected chi connectivity index (χ4v) is 5.76. The maximum absolute atomic E-state index is 14.0. The quantitative estimate of drug-likeness (QED) is 0.218. The third-order valence-electron chi connectivity index (χ3n) is 8.02. The lowest BCUT2D eigenvalue weighted by Crippen LogP contribution is -2.39. The van der Waals surface area contributed by atoms with Gasteiger partial charge in [-0.25, -0.2) is 0 Å². The lowest BCUT2D eigenvalue weighted by molar-refractivity contribution is 0.353. The Kier molecular flexibility index (Phi) is 8.73. The van der Waals surface area contributed by atoms with E-state index in [2.05, 4.69) is 0 Å². The van der Waals surface area contributed by atoms with Gasteiger partial charge in [0.15, 0.2) is 0 Å². The molecule has 3 aromatic rings. The molecule has 232 valence electrons. The van der Waals surface area contributed by atoms with Gasteiger partial charge in [-0.1, -0.05) is 12.1 Å². The van der Waals surface area contributed by atoms with Crippen LogP contribution in [0.1, 0.15) is 11.1 Å². The molecule has 0 amide bonds. The first-order chi connectivity index (χ1) is 20.9. The molecule has 2 N–H and O–H groups in total. The Morgan fingerprint density at radius 3 is 2.05 bits per heavy atom. The molecule has 2 aliphatic rings. The highest BCUT2D eigenvalue weighted by Crippen LogP contribution is 2.36. The van der Waals surface area contributed by atoms with Gasteiger partial charge in [-0.05, 0) is 78.5 Å². The smallest absolute Gasteiger partial charge is 0.263 e. The first kappa shape index (κ1) is 31.1. The van der Waals surface area contributed by atoms with Crippen LogP contribution < -0.4 is 22.0 Å². The van der Waals surface area contributed by atoms with Crippen LogP contribution >= 0.6 is 0 Å². The van der Waals surface area contributed by atoms with E-state index in [9.17, 15) is 24.6 Å². The fourth-order valence-electron chi connectivity index (χ4n) is 5.76. The summed E-state index contributed by atoms with van der Waals surface area (Å²) in [4.78, 5) is 52.1. The molecule has 0 unspecified atom stereocenters. The predicted octanol–water partition coefficient (Wildman–Crippen LogP) is 1.40. The van der Waals surface area contributed by atoms with Crippen molar-refractivity contribution < 1.29 is 10.2 Å². The molecule has 0 atom stereocenters. The molecule has 1 aromatic heterocycles. The lowest BCUT2D eigenvalue weighted by Gasteiger charge is -2.20. The normalized spacial score (nSPS) is 12.8. The molecule has 1 aliphatic carbocycles. The van der Waals surface area contributed by atoms with Gasteiger partial charge >= 0.3 is 0 Å². The standard InChI is InChI=1S/C33H40N6O5/c1-35(2)13-15-38-30(41)22-8-9-23-28-27(22)24(32(38)43)18-25(29(28)33(44)39(31(23)42)16-14-36(3)4)34-12-11-20-7-10-26(40)21(17-20)19-37(5)6/h7-10,17-18,40,42H,11-16,19H2,1-6H3. The van der Waals surface area contributed by atoms with E-state index in [1.807, 2.05) is 69.1 Å². The van der Waals surface area contributed by atoms with Crippen molar-refractivity contribution in [1.82, 2.24) is 23.8 Å². The Balaban J connectivity index is 1.75. The predicted molar refractivity (Wildman–Crippen MR) is 174 cm³/mol. The van der Waals surface area contributed by atoms with Crippen LogP contribution in [0.5, 0.6) is 11.6 Å². The fraction of sp³-hybridized carbons (Fsp3) is 0.394. The minimum atomic E-state index is -0.446. The minimum Gasteiger partial charge on any atom is -0.508 e. The molecule has 0 saturated heterocycles. The molecule has 0 saturated carbocycles. The Hall–Kier alpha value is -4.32. The molecule has 5 rings (SSSR count). The minimum absolute atomic E-state index is 0.202. The maximum atomic E-state index is 14.0. The summed E-state index contributed by atoms with van der Waals surface area (Å²) in [5.74, 6) is 0.0265. The largest absolute Gasteiger partial charge is 0.508 e. The van der Waals surface area contributed by atoms with E-state index < -0.39 is 16.7 Å². The number of phenolic OH excluding ortho intramolecular Hbond substituents is 1. The third kappa shape index (κ3) is 5.78. The van der Waals surface area contributed by atoms with Crippen molar-refractivity contribution in [2.45, 2.75) is 26.1 Å². The van der Waals surface area contributed by atoms with E-state index in [0.29, 0.717) is 59.7 Å². The molecular weight excluding hydrogens is 560 g/mol. The van der Waals surface area contributed by atoms with Crippen molar-refractivity contribution in [3.05, 3.63) is 83.9 Å². The number of nitrogens with zero attached hydrogens (tertiary/aromatic N) is 6. The summed E-state index contributed by atoms with van der Waals surface area (Å²) in [6, 6.07) is 10.4. The summed E-state index contributed by atoms with van der Waals surface area (Å²) in [7, 11) is 11.4. The van der Waals surface area contributed by atoms with Crippen molar-refractivity contribution in [3.63, 3.8) is 0 Å². The van der Waals surface area contributed by atoms with Crippen molar-refractivity contribution in [3.8, 4) is 22.8 Å². The van der Waals surface area contributed by atoms with E-state index in [0.717, 1.165) is 11.1 Å². The van der Waals surface area contributed by atoms with E-state index in [1.165, 1.54) is 9.13 Å². The lowest BCUT2D eigenvalue weighted by atomic mass is 9.90. The van der Waals surface area contributed by atoms with Crippen molar-refractivity contribution in [2.24, 2.45) is 4.99 Å². The SMILES string of the molecule is CN(C)CCn1c(O)c2ccc3c4c2c(c(=NCCc2ccc(O)c(CN(C)C)c2)cc-4c(=O)n(CCN(C)C)c3=O)c1=O. The zero-order valence-electron chi connectivity index (χ0n) is 26.2. The third-order valence-corrected chi connectivity index (χ3v) is 8.02. The summed E-state index contributed by atoms with van der Waals surface area (Å²) in [6.45, 7) is 2.39. The Morgan fingerprint density at radius 1 is 0.727 bits per heavy atom. The van der Waals surface area contributed by atoms with Crippen molar-refractivity contribution >= 4 is 21.5 Å². The number of likely N-dealkylation sites (N-methyl/N-ethyl adjacent to an activating group) is 2. The number of rotatable bonds is 11. The molecule has 11 heteroatoms. The Labute approximate surface area is 255 Å². The summed E-state index contributed by atoms with van der Waals surface area (Å²) in [5, 5.41) is 23.3. The zero-order chi connectivity index (χ0) is 31.9. The van der Waals surface area contributed by atoms with E-state index in [4.69, 9.17) is 4.99 Å². The van der Waals surface area contributed by atoms with E-state index in [1.54, 1.807) is 24.3 Å². The van der Waals surface area contributed by atoms with Crippen LogP contribution in [-0.2, 0) is 26.1 Å². The number of aromatic nitrogens is 2. The van der Waals surface area contributed by atoms with Gasteiger partial charge < -0.3 is 24.9 Å². The van der Waals surface area contributed by atoms with Gasteiger partial charge in [0.2, 0.25) is 5.88 Å². The monoisotopic (exact) mass is 600 g/mol. The van der Waals surface area contributed by atoms with Crippen LogP contribution in [-0.4, -0.2) is 96.0 Å². The van der Waals surface area contributed by atoms with Gasteiger partial charge in [-0.3, -0.25) is 28.5 Å². The first-order valence-electron chi connectivity index (χ1n) is 14.7. The molecule has 11 nitrogen and oxygen atoms in total. The molecule has 0 radical (unpaired) electrons. The number of benzene rings is 3. The van der Waals surface area contributed by atoms with Gasteiger partial charge in [0.25, 0.3) is 16.7 Å². The molecule has 0 fully saturated rings. The van der Waals surface area contributed by atoms with Crippen LogP contribution in [0.4, 0.5) is 0 Å². The average molecular weight is 601 g/mol. The van der Waals surface area contributed by atoms with Crippen LogP contribution in [0.15, 0.2) is 55.8 Å². The number of aromatic hydroxyl groups is 2. The van der Waals surface area contributed by atoms with Crippen molar-refractivity contribution in [1.29, 1.82) is 0 Å². The van der Waals surface area contributed by atoms with E-state index in [-0.39, 0.29) is 35.7 Å². The van der Waals surface area contributed by atoms with Gasteiger partial charge in [-0.2, -0.15) is 0 Å². The first-order valence-corrected chi connectivity index (χ1v) is 14.7. The summed E-state index contributed by atoms with van der Waals surface area (Å²) < 4.78 is 2.57. The van der Waals surface area contributed by atoms with Gasteiger partial charge in [0.05, 0.1) is 16.3 Å². The highest BCUT2D eigenvalue weighted by Gasteiger charge is 2.26. The second-order valence-corrected chi connectivity index (χ2v) is 12.2. The summed E-state index contributed by atoms with van der Waals surface area (Å²) in [6.07, 6.45) is 0.539. The second-order valence-electron chi connectivity index (χ2n) is 12.2. The number of pyridine rings is 2. The molecule has 1 aliphatic heterocycles. The molecular formula is C33H40N6O5. The van der Waals surface area contributed by atoms with Gasteiger partial charge in [0.1, 0.15) is 5.75 Å². The van der Waals surface area contributed by atoms with Crippen LogP contribution in [0.3, 0.4) is 0 Å². The zero-order valence-corrected chi connectivity index (χ0v) is 26.2. The van der Waals surface area contributed by atoms with Crippen LogP contribution in [0, 0.1) is 0 Å². The van der Waals surface area contributed by atoms with E-state index >= 15 is 0 Å².